The molecule has 3 heteroatoms. The first-order valence-electron chi connectivity index (χ1n) is 4.61. The molecule has 3 nitrogen and oxygen atoms in total. The van der Waals surface area contributed by atoms with Crippen molar-refractivity contribution in [2.45, 2.75) is 39.7 Å². The summed E-state index contributed by atoms with van der Waals surface area (Å²) in [7, 11) is 0. The molecule has 1 rings (SSSR count). The van der Waals surface area contributed by atoms with Crippen molar-refractivity contribution in [1.29, 1.82) is 0 Å². The van der Waals surface area contributed by atoms with Gasteiger partial charge >= 0.3 is 0 Å². The largest absolute Gasteiger partial charge is 0.294 e. The topological polar surface area (TPSA) is 34.9 Å². The quantitative estimate of drug-likeness (QED) is 0.697. The first-order valence-corrected chi connectivity index (χ1v) is 4.61. The van der Waals surface area contributed by atoms with Crippen molar-refractivity contribution in [2.75, 3.05) is 0 Å². The van der Waals surface area contributed by atoms with E-state index in [0.717, 1.165) is 5.82 Å². The van der Waals surface area contributed by atoms with Gasteiger partial charge in [-0.2, -0.15) is 0 Å². The lowest BCUT2D eigenvalue weighted by Crippen LogP contribution is -2.26. The van der Waals surface area contributed by atoms with Gasteiger partial charge in [0, 0.05) is 24.2 Å². The summed E-state index contributed by atoms with van der Waals surface area (Å²) in [4.78, 5) is 15.7. The minimum atomic E-state index is 0.0358. The summed E-state index contributed by atoms with van der Waals surface area (Å²) in [5, 5.41) is 0. The highest BCUT2D eigenvalue weighted by Gasteiger charge is 2.10. The van der Waals surface area contributed by atoms with E-state index in [4.69, 9.17) is 0 Å². The van der Waals surface area contributed by atoms with E-state index >= 15 is 0 Å². The molecule has 0 saturated carbocycles. The Bertz CT molecular complexity index is 339. The number of hydrogen-bond donors (Lipinski definition) is 0. The second-order valence-electron chi connectivity index (χ2n) is 3.76. The average molecular weight is 180 g/mol. The van der Waals surface area contributed by atoms with Gasteiger partial charge < -0.3 is 0 Å². The Kier molecular flexibility index (Phi) is 2.86. The number of nitrogens with zero attached hydrogens (tertiary/aromatic N) is 2. The predicted octanol–water partition coefficient (Wildman–Crippen LogP) is 1.95. The van der Waals surface area contributed by atoms with Crippen molar-refractivity contribution in [3.05, 3.63) is 28.4 Å². The molecule has 0 fully saturated rings. The summed E-state index contributed by atoms with van der Waals surface area (Å²) >= 11 is 0. The molecule has 1 heterocycles. The van der Waals surface area contributed by atoms with Gasteiger partial charge in [-0.05, 0) is 13.8 Å². The van der Waals surface area contributed by atoms with Gasteiger partial charge in [-0.3, -0.25) is 9.36 Å². The molecule has 0 bridgehead atoms. The first-order chi connectivity index (χ1) is 6.04. The molecule has 1 aromatic rings. The standard InChI is InChI=1S/C10H16N2O/c1-7(2)10-11-6-5-9(13)12(10)8(3)4/h5-8H,1-4H3. The molecule has 0 N–H and O–H groups in total. The van der Waals surface area contributed by atoms with E-state index in [1.807, 2.05) is 27.7 Å². The summed E-state index contributed by atoms with van der Waals surface area (Å²) in [6.45, 7) is 8.07. The SMILES string of the molecule is CC(C)c1nccc(=O)n1C(C)C. The van der Waals surface area contributed by atoms with Crippen molar-refractivity contribution in [1.82, 2.24) is 9.55 Å². The smallest absolute Gasteiger partial charge is 0.253 e. The summed E-state index contributed by atoms with van der Waals surface area (Å²) in [6, 6.07) is 1.69. The Morgan fingerprint density at radius 3 is 2.31 bits per heavy atom. The molecule has 0 radical (unpaired) electrons. The van der Waals surface area contributed by atoms with E-state index in [2.05, 4.69) is 4.98 Å². The molecule has 0 amide bonds. The molecule has 13 heavy (non-hydrogen) atoms. The van der Waals surface area contributed by atoms with Gasteiger partial charge in [0.05, 0.1) is 0 Å². The lowest BCUT2D eigenvalue weighted by molar-refractivity contribution is 0.516. The van der Waals surface area contributed by atoms with Crippen molar-refractivity contribution in [3.8, 4) is 0 Å². The summed E-state index contributed by atoms with van der Waals surface area (Å²) in [5.41, 5.74) is 0.0358. The van der Waals surface area contributed by atoms with Crippen molar-refractivity contribution in [3.63, 3.8) is 0 Å². The molecular weight excluding hydrogens is 164 g/mol. The van der Waals surface area contributed by atoms with Gasteiger partial charge in [-0.15, -0.1) is 0 Å². The van der Waals surface area contributed by atoms with Crippen LogP contribution < -0.4 is 5.56 Å². The fourth-order valence-electron chi connectivity index (χ4n) is 1.38. The Morgan fingerprint density at radius 1 is 1.31 bits per heavy atom. The minimum absolute atomic E-state index is 0.0358. The maximum absolute atomic E-state index is 11.5. The molecule has 0 unspecified atom stereocenters. The van der Waals surface area contributed by atoms with Crippen LogP contribution in [-0.4, -0.2) is 9.55 Å². The molecule has 0 saturated heterocycles. The maximum atomic E-state index is 11.5. The number of aromatic nitrogens is 2. The van der Waals surface area contributed by atoms with Crippen LogP contribution in [0.5, 0.6) is 0 Å². The van der Waals surface area contributed by atoms with E-state index in [1.54, 1.807) is 10.8 Å². The molecule has 0 aliphatic heterocycles. The normalized spacial score (nSPS) is 11.2. The van der Waals surface area contributed by atoms with E-state index < -0.39 is 0 Å². The lowest BCUT2D eigenvalue weighted by atomic mass is 10.2. The number of hydrogen-bond acceptors (Lipinski definition) is 2. The highest BCUT2D eigenvalue weighted by atomic mass is 16.1. The van der Waals surface area contributed by atoms with Gasteiger partial charge in [-0.1, -0.05) is 13.8 Å². The zero-order valence-corrected chi connectivity index (χ0v) is 8.61. The molecular formula is C10H16N2O. The van der Waals surface area contributed by atoms with Gasteiger partial charge in [0.15, 0.2) is 0 Å². The minimum Gasteiger partial charge on any atom is -0.294 e. The van der Waals surface area contributed by atoms with Crippen molar-refractivity contribution < 1.29 is 0 Å². The Balaban J connectivity index is 3.35. The molecule has 1 aromatic heterocycles. The summed E-state index contributed by atoms with van der Waals surface area (Å²) in [5.74, 6) is 1.15. The van der Waals surface area contributed by atoms with Crippen LogP contribution in [-0.2, 0) is 0 Å². The third-order valence-electron chi connectivity index (χ3n) is 1.94. The Hall–Kier alpha value is -1.12. The second kappa shape index (κ2) is 3.73. The van der Waals surface area contributed by atoms with Crippen molar-refractivity contribution >= 4 is 0 Å². The van der Waals surface area contributed by atoms with Crippen LogP contribution >= 0.6 is 0 Å². The van der Waals surface area contributed by atoms with Crippen LogP contribution in [0.4, 0.5) is 0 Å². The predicted molar refractivity (Wildman–Crippen MR) is 53.0 cm³/mol. The van der Waals surface area contributed by atoms with E-state index in [9.17, 15) is 4.79 Å². The molecule has 0 aliphatic carbocycles. The van der Waals surface area contributed by atoms with Crippen LogP contribution in [0.2, 0.25) is 0 Å². The maximum Gasteiger partial charge on any atom is 0.253 e. The summed E-state index contributed by atoms with van der Waals surface area (Å²) < 4.78 is 1.74. The van der Waals surface area contributed by atoms with Gasteiger partial charge in [0.25, 0.3) is 5.56 Å². The first kappa shape index (κ1) is 9.96. The zero-order valence-electron chi connectivity index (χ0n) is 8.61. The van der Waals surface area contributed by atoms with Gasteiger partial charge in [0.1, 0.15) is 5.82 Å². The van der Waals surface area contributed by atoms with E-state index in [0.29, 0.717) is 0 Å². The van der Waals surface area contributed by atoms with Crippen LogP contribution in [0.3, 0.4) is 0 Å². The highest BCUT2D eigenvalue weighted by Crippen LogP contribution is 2.12. The molecule has 0 aromatic carbocycles. The zero-order chi connectivity index (χ0) is 10.0. The summed E-state index contributed by atoms with van der Waals surface area (Å²) in [6.07, 6.45) is 1.58. The Morgan fingerprint density at radius 2 is 1.92 bits per heavy atom. The van der Waals surface area contributed by atoms with Crippen LogP contribution in [0, 0.1) is 0 Å². The van der Waals surface area contributed by atoms with Crippen LogP contribution in [0.25, 0.3) is 0 Å². The monoisotopic (exact) mass is 180 g/mol. The van der Waals surface area contributed by atoms with Crippen molar-refractivity contribution in [2.24, 2.45) is 0 Å². The number of rotatable bonds is 2. The molecule has 72 valence electrons. The highest BCUT2D eigenvalue weighted by molar-refractivity contribution is 4.99. The second-order valence-corrected chi connectivity index (χ2v) is 3.76. The lowest BCUT2D eigenvalue weighted by Gasteiger charge is -2.16. The fraction of sp³-hybridized carbons (Fsp3) is 0.600. The van der Waals surface area contributed by atoms with Crippen LogP contribution in [0.1, 0.15) is 45.5 Å². The van der Waals surface area contributed by atoms with Crippen LogP contribution in [0.15, 0.2) is 17.1 Å². The van der Waals surface area contributed by atoms with Gasteiger partial charge in [0.2, 0.25) is 0 Å². The molecule has 0 aliphatic rings. The van der Waals surface area contributed by atoms with E-state index in [-0.39, 0.29) is 17.5 Å². The Labute approximate surface area is 78.4 Å². The molecule has 0 spiro atoms. The van der Waals surface area contributed by atoms with Gasteiger partial charge in [-0.25, -0.2) is 4.98 Å². The third kappa shape index (κ3) is 1.97. The fourth-order valence-corrected chi connectivity index (χ4v) is 1.38. The average Bonchev–Trinajstić information content (AvgIpc) is 2.02. The molecule has 0 atom stereocenters. The van der Waals surface area contributed by atoms with E-state index in [1.165, 1.54) is 6.07 Å². The third-order valence-corrected chi connectivity index (χ3v) is 1.94.